The number of nitrogens with zero attached hydrogens (tertiary/aromatic N) is 1. The van der Waals surface area contributed by atoms with Gasteiger partial charge < -0.3 is 9.72 Å². The Morgan fingerprint density at radius 1 is 1.34 bits per heavy atom. The summed E-state index contributed by atoms with van der Waals surface area (Å²) in [6, 6.07) is 2.41. The Morgan fingerprint density at radius 3 is 2.72 bits per heavy atom. The van der Waals surface area contributed by atoms with Crippen molar-refractivity contribution in [1.82, 2.24) is 14.6 Å². The lowest BCUT2D eigenvalue weighted by Crippen LogP contribution is -2.53. The van der Waals surface area contributed by atoms with E-state index in [2.05, 4.69) is 21.0 Å². The van der Waals surface area contributed by atoms with Crippen molar-refractivity contribution in [2.45, 2.75) is 31.5 Å². The highest BCUT2D eigenvalue weighted by atomic mass is 32.2. The highest BCUT2D eigenvalue weighted by Gasteiger charge is 2.33. The number of rotatable bonds is 6. The third-order valence-electron chi connectivity index (χ3n) is 4.50. The molecule has 6 nitrogen and oxygen atoms in total. The van der Waals surface area contributed by atoms with Gasteiger partial charge in [-0.2, -0.15) is 0 Å². The van der Waals surface area contributed by atoms with Gasteiger partial charge in [0.05, 0.1) is 6.04 Å². The Hall–Kier alpha value is -2.18. The number of fused-ring (bicyclic) bond motifs is 1. The van der Waals surface area contributed by atoms with Gasteiger partial charge in [0.15, 0.2) is 11.6 Å². The molecule has 2 N–H and O–H groups in total. The maximum atomic E-state index is 14.1. The molecule has 0 aliphatic carbocycles. The third-order valence-corrected chi connectivity index (χ3v) is 5.57. The van der Waals surface area contributed by atoms with Crippen LogP contribution in [0.4, 0.5) is 22.0 Å². The van der Waals surface area contributed by atoms with Crippen LogP contribution in [0.2, 0.25) is 0 Å². The molecule has 29 heavy (non-hydrogen) atoms. The first kappa shape index (κ1) is 21.5. The molecular formula is C17H18F5N3O3S. The molecule has 160 valence electrons. The number of ether oxygens (including phenoxy) is 1. The minimum Gasteiger partial charge on any atom is -0.403 e. The maximum absolute atomic E-state index is 14.1. The highest BCUT2D eigenvalue weighted by molar-refractivity contribution is 7.92. The van der Waals surface area contributed by atoms with Gasteiger partial charge in [-0.25, -0.2) is 21.9 Å². The maximum Gasteiger partial charge on any atom is 0.573 e. The van der Waals surface area contributed by atoms with E-state index in [1.807, 2.05) is 0 Å². The molecule has 0 spiro atoms. The molecule has 3 rings (SSSR count). The lowest BCUT2D eigenvalue weighted by atomic mass is 10.0. The lowest BCUT2D eigenvalue weighted by molar-refractivity contribution is -0.275. The molecule has 0 bridgehead atoms. The summed E-state index contributed by atoms with van der Waals surface area (Å²) >= 11 is 0. The molecule has 1 saturated heterocycles. The van der Waals surface area contributed by atoms with Crippen LogP contribution in [0.5, 0.6) is 5.75 Å². The molecule has 2 aromatic rings. The van der Waals surface area contributed by atoms with Gasteiger partial charge in [-0.05, 0) is 18.6 Å². The molecule has 0 radical (unpaired) electrons. The molecule has 2 heterocycles. The van der Waals surface area contributed by atoms with Gasteiger partial charge in [-0.1, -0.05) is 6.58 Å². The summed E-state index contributed by atoms with van der Waals surface area (Å²) in [5, 5.41) is 1.01. The molecule has 1 aromatic carbocycles. The van der Waals surface area contributed by atoms with Gasteiger partial charge in [-0.3, -0.25) is 4.90 Å². The van der Waals surface area contributed by atoms with Crippen molar-refractivity contribution in [3.63, 3.8) is 0 Å². The second-order valence-electron chi connectivity index (χ2n) is 6.69. The summed E-state index contributed by atoms with van der Waals surface area (Å²) in [6.07, 6.45) is -6.28. The highest BCUT2D eigenvalue weighted by Crippen LogP contribution is 2.30. The number of halogens is 5. The van der Waals surface area contributed by atoms with Crippen LogP contribution in [0.25, 0.3) is 10.9 Å². The van der Waals surface area contributed by atoms with Crippen LogP contribution >= 0.6 is 0 Å². The van der Waals surface area contributed by atoms with Crippen LogP contribution in [0.15, 0.2) is 30.2 Å². The zero-order valence-electron chi connectivity index (χ0n) is 15.0. The van der Waals surface area contributed by atoms with E-state index < -0.39 is 40.2 Å². The summed E-state index contributed by atoms with van der Waals surface area (Å²) in [6.45, 7) is 3.84. The second-order valence-corrected chi connectivity index (χ2v) is 8.35. The topological polar surface area (TPSA) is 74.4 Å². The molecule has 1 aromatic heterocycles. The van der Waals surface area contributed by atoms with Crippen molar-refractivity contribution >= 4 is 20.9 Å². The number of H-pyrrole nitrogens is 1. The second kappa shape index (κ2) is 7.92. The predicted molar refractivity (Wildman–Crippen MR) is 95.8 cm³/mol. The van der Waals surface area contributed by atoms with Crippen LogP contribution in [0, 0.1) is 5.82 Å². The van der Waals surface area contributed by atoms with E-state index in [1.165, 1.54) is 6.07 Å². The third kappa shape index (κ3) is 5.46. The smallest absolute Gasteiger partial charge is 0.403 e. The summed E-state index contributed by atoms with van der Waals surface area (Å²) in [5.74, 6) is -2.10. The summed E-state index contributed by atoms with van der Waals surface area (Å²) in [4.78, 5) is 4.67. The fourth-order valence-corrected chi connectivity index (χ4v) is 3.97. The summed E-state index contributed by atoms with van der Waals surface area (Å²) < 4.78 is 94.1. The molecule has 0 unspecified atom stereocenters. The van der Waals surface area contributed by atoms with Gasteiger partial charge in [0.25, 0.3) is 0 Å². The minimum absolute atomic E-state index is 0.0837. The molecule has 0 saturated carbocycles. The van der Waals surface area contributed by atoms with Crippen LogP contribution in [0.3, 0.4) is 0 Å². The van der Waals surface area contributed by atoms with Crippen molar-refractivity contribution in [1.29, 1.82) is 0 Å². The van der Waals surface area contributed by atoms with E-state index in [0.29, 0.717) is 23.0 Å². The number of hydrogen-bond donors (Lipinski definition) is 2. The molecule has 0 amide bonds. The van der Waals surface area contributed by atoms with Gasteiger partial charge in [0.1, 0.15) is 6.17 Å². The van der Waals surface area contributed by atoms with Crippen molar-refractivity contribution in [2.75, 3.05) is 13.1 Å². The SMILES string of the molecule is C=CS(=O)(=O)N[C@H]1CN(Cc2cc3cc(OC(F)(F)F)c(F)cc3[nH]2)CC[C@H]1F. The quantitative estimate of drug-likeness (QED) is 0.679. The number of hydrogen-bond acceptors (Lipinski definition) is 4. The number of alkyl halides is 4. The van der Waals surface area contributed by atoms with Crippen molar-refractivity contribution in [3.05, 3.63) is 41.7 Å². The largest absolute Gasteiger partial charge is 0.573 e. The van der Waals surface area contributed by atoms with E-state index in [9.17, 15) is 30.4 Å². The summed E-state index contributed by atoms with van der Waals surface area (Å²) in [5.41, 5.74) is 0.822. The Labute approximate surface area is 163 Å². The van der Waals surface area contributed by atoms with E-state index in [0.717, 1.165) is 12.1 Å². The van der Waals surface area contributed by atoms with Crippen LogP contribution in [-0.4, -0.2) is 50.0 Å². The van der Waals surface area contributed by atoms with Crippen molar-refractivity contribution in [2.24, 2.45) is 0 Å². The molecule has 2 atom stereocenters. The first-order valence-electron chi connectivity index (χ1n) is 8.54. The van der Waals surface area contributed by atoms with Crippen LogP contribution in [0.1, 0.15) is 12.1 Å². The molecule has 1 aliphatic heterocycles. The Balaban J connectivity index is 1.75. The number of sulfonamides is 1. The Kier molecular flexibility index (Phi) is 5.88. The number of benzene rings is 1. The molecule has 1 fully saturated rings. The van der Waals surface area contributed by atoms with E-state index in [1.54, 1.807) is 4.90 Å². The first-order chi connectivity index (χ1) is 13.5. The lowest BCUT2D eigenvalue weighted by Gasteiger charge is -2.34. The Morgan fingerprint density at radius 2 is 2.07 bits per heavy atom. The standard InChI is InChI=1S/C17H18F5N3O3S/c1-2-29(26,27)24-15-9-25(4-3-12(15)18)8-11-5-10-6-16(28-17(20,21)22)13(19)7-14(10)23-11/h2,5-7,12,15,23-24H,1,3-4,8-9H2/t12-,15+/m1/s1. The minimum atomic E-state index is -5.02. The van der Waals surface area contributed by atoms with E-state index in [4.69, 9.17) is 0 Å². The zero-order chi connectivity index (χ0) is 21.4. The van der Waals surface area contributed by atoms with Crippen molar-refractivity contribution < 1.29 is 35.1 Å². The average Bonchev–Trinajstić information content (AvgIpc) is 2.97. The van der Waals surface area contributed by atoms with Crippen molar-refractivity contribution in [3.8, 4) is 5.75 Å². The van der Waals surface area contributed by atoms with E-state index >= 15 is 0 Å². The summed E-state index contributed by atoms with van der Waals surface area (Å²) in [7, 11) is -3.80. The molecular weight excluding hydrogens is 421 g/mol. The van der Waals surface area contributed by atoms with Gasteiger partial charge in [-0.15, -0.1) is 13.2 Å². The number of aromatic nitrogens is 1. The molecule has 1 aliphatic rings. The number of aromatic amines is 1. The molecule has 12 heteroatoms. The van der Waals surface area contributed by atoms with Gasteiger partial charge >= 0.3 is 6.36 Å². The Bertz CT molecular complexity index is 1010. The zero-order valence-corrected chi connectivity index (χ0v) is 15.8. The van der Waals surface area contributed by atoms with E-state index in [-0.39, 0.29) is 25.0 Å². The number of nitrogens with one attached hydrogen (secondary N) is 2. The number of piperidine rings is 1. The normalized spacial score (nSPS) is 21.4. The van der Waals surface area contributed by atoms with Crippen LogP contribution in [-0.2, 0) is 16.6 Å². The van der Waals surface area contributed by atoms with Crippen LogP contribution < -0.4 is 9.46 Å². The fraction of sp³-hybridized carbons (Fsp3) is 0.412. The van der Waals surface area contributed by atoms with Gasteiger partial charge in [0, 0.05) is 47.7 Å². The monoisotopic (exact) mass is 439 g/mol. The predicted octanol–water partition coefficient (Wildman–Crippen LogP) is 3.18. The average molecular weight is 439 g/mol. The van der Waals surface area contributed by atoms with Gasteiger partial charge in [0.2, 0.25) is 10.0 Å². The fourth-order valence-electron chi connectivity index (χ4n) is 3.23. The number of likely N-dealkylation sites (tertiary alicyclic amines) is 1. The first-order valence-corrected chi connectivity index (χ1v) is 10.1.